The number of thiophene rings is 1. The molecule has 5 nitrogen and oxygen atoms in total. The van der Waals surface area contributed by atoms with E-state index in [2.05, 4.69) is 22.8 Å². The Morgan fingerprint density at radius 2 is 2.00 bits per heavy atom. The quantitative estimate of drug-likeness (QED) is 0.753. The Balaban J connectivity index is 1.66. The van der Waals surface area contributed by atoms with Crippen LogP contribution in [-0.2, 0) is 6.42 Å². The van der Waals surface area contributed by atoms with Gasteiger partial charge in [-0.2, -0.15) is 5.10 Å². The highest BCUT2D eigenvalue weighted by Gasteiger charge is 2.23. The van der Waals surface area contributed by atoms with Crippen molar-refractivity contribution in [2.45, 2.75) is 19.3 Å². The second-order valence-electron chi connectivity index (χ2n) is 6.28. The van der Waals surface area contributed by atoms with Crippen molar-refractivity contribution < 1.29 is 9.47 Å². The molecule has 0 saturated carbocycles. The number of nitrogens with zero attached hydrogens (tertiary/aromatic N) is 2. The number of anilines is 1. The van der Waals surface area contributed by atoms with E-state index in [0.717, 1.165) is 41.7 Å². The molecule has 2 aromatic heterocycles. The molecule has 4 heterocycles. The van der Waals surface area contributed by atoms with Crippen LogP contribution in [0.25, 0.3) is 16.3 Å². The third kappa shape index (κ3) is 2.57. The Morgan fingerprint density at radius 3 is 2.88 bits per heavy atom. The number of aromatic nitrogens is 2. The maximum atomic E-state index is 5.75. The molecule has 25 heavy (non-hydrogen) atoms. The summed E-state index contributed by atoms with van der Waals surface area (Å²) in [4.78, 5) is 1.22. The zero-order chi connectivity index (χ0) is 16.6. The van der Waals surface area contributed by atoms with E-state index in [0.29, 0.717) is 13.2 Å². The van der Waals surface area contributed by atoms with Crippen molar-refractivity contribution in [1.82, 2.24) is 9.78 Å². The minimum atomic E-state index is 0.590. The highest BCUT2D eigenvalue weighted by atomic mass is 32.1. The van der Waals surface area contributed by atoms with E-state index in [4.69, 9.17) is 14.6 Å². The molecule has 128 valence electrons. The molecule has 0 amide bonds. The molecule has 2 aliphatic heterocycles. The predicted molar refractivity (Wildman–Crippen MR) is 99.3 cm³/mol. The van der Waals surface area contributed by atoms with Crippen LogP contribution in [0, 0.1) is 0 Å². The summed E-state index contributed by atoms with van der Waals surface area (Å²) in [6.45, 7) is 2.17. The average Bonchev–Trinajstić information content (AvgIpc) is 3.23. The van der Waals surface area contributed by atoms with Crippen LogP contribution < -0.4 is 14.8 Å². The summed E-state index contributed by atoms with van der Waals surface area (Å²) in [5, 5.41) is 10.7. The number of rotatable bonds is 2. The summed E-state index contributed by atoms with van der Waals surface area (Å²) < 4.78 is 13.4. The van der Waals surface area contributed by atoms with Crippen molar-refractivity contribution in [2.24, 2.45) is 0 Å². The van der Waals surface area contributed by atoms with Crippen LogP contribution in [0.3, 0.4) is 0 Å². The normalized spacial score (nSPS) is 16.0. The summed E-state index contributed by atoms with van der Waals surface area (Å²) in [6, 6.07) is 10.3. The molecule has 5 rings (SSSR count). The van der Waals surface area contributed by atoms with Gasteiger partial charge < -0.3 is 14.8 Å². The lowest BCUT2D eigenvalue weighted by Crippen LogP contribution is -2.15. The first-order valence-corrected chi connectivity index (χ1v) is 9.58. The van der Waals surface area contributed by atoms with Crippen LogP contribution in [-0.4, -0.2) is 29.5 Å². The number of benzene rings is 1. The molecule has 0 saturated heterocycles. The predicted octanol–water partition coefficient (Wildman–Crippen LogP) is 4.12. The van der Waals surface area contributed by atoms with Crippen LogP contribution in [0.5, 0.6) is 11.5 Å². The lowest BCUT2D eigenvalue weighted by Gasteiger charge is -2.19. The van der Waals surface area contributed by atoms with Gasteiger partial charge in [-0.1, -0.05) is 6.07 Å². The Labute approximate surface area is 150 Å². The summed E-state index contributed by atoms with van der Waals surface area (Å²) in [5.74, 6) is 2.71. The van der Waals surface area contributed by atoms with E-state index in [-0.39, 0.29) is 0 Å². The maximum Gasteiger partial charge on any atom is 0.163 e. The molecular formula is C19H19N3O2S. The zero-order valence-corrected chi connectivity index (χ0v) is 14.6. The number of hydrogen-bond donors (Lipinski definition) is 1. The SMILES string of the molecule is c1csc(-c2nn(-c3ccc4c(c3)OCCO4)c3c2CCCCN3)c1. The number of fused-ring (bicyclic) bond motifs is 2. The van der Waals surface area contributed by atoms with Crippen molar-refractivity contribution in [3.05, 3.63) is 41.3 Å². The molecule has 0 unspecified atom stereocenters. The first-order chi connectivity index (χ1) is 12.4. The van der Waals surface area contributed by atoms with Gasteiger partial charge in [-0.25, -0.2) is 4.68 Å². The van der Waals surface area contributed by atoms with Gasteiger partial charge in [-0.3, -0.25) is 0 Å². The molecule has 3 aromatic rings. The maximum absolute atomic E-state index is 5.75. The fraction of sp³-hybridized carbons (Fsp3) is 0.316. The van der Waals surface area contributed by atoms with Crippen LogP contribution in [0.2, 0.25) is 0 Å². The molecular weight excluding hydrogens is 334 g/mol. The van der Waals surface area contributed by atoms with Gasteiger partial charge >= 0.3 is 0 Å². The Bertz CT molecular complexity index is 902. The van der Waals surface area contributed by atoms with Crippen molar-refractivity contribution in [3.8, 4) is 27.8 Å². The molecule has 1 aromatic carbocycles. The van der Waals surface area contributed by atoms with Gasteiger partial charge in [0.2, 0.25) is 0 Å². The molecule has 6 heteroatoms. The van der Waals surface area contributed by atoms with Crippen LogP contribution in [0.4, 0.5) is 5.82 Å². The first-order valence-electron chi connectivity index (χ1n) is 8.70. The topological polar surface area (TPSA) is 48.3 Å². The second-order valence-corrected chi connectivity index (χ2v) is 7.22. The van der Waals surface area contributed by atoms with Gasteiger partial charge in [-0.05, 0) is 42.8 Å². The van der Waals surface area contributed by atoms with E-state index in [1.54, 1.807) is 11.3 Å². The summed E-state index contributed by atoms with van der Waals surface area (Å²) in [6.07, 6.45) is 3.42. The standard InChI is InChI=1S/C19H19N3O2S/c1-2-8-20-19-14(4-1)18(17-5-3-11-25-17)21-22(19)13-6-7-15-16(12-13)24-10-9-23-15/h3,5-7,11-12,20H,1-2,4,8-10H2. The van der Waals surface area contributed by atoms with Crippen LogP contribution in [0.1, 0.15) is 18.4 Å². The fourth-order valence-electron chi connectivity index (χ4n) is 3.46. The van der Waals surface area contributed by atoms with E-state index < -0.39 is 0 Å². The summed E-state index contributed by atoms with van der Waals surface area (Å²) in [7, 11) is 0. The molecule has 0 bridgehead atoms. The monoisotopic (exact) mass is 353 g/mol. The fourth-order valence-corrected chi connectivity index (χ4v) is 4.20. The molecule has 0 atom stereocenters. The number of hydrogen-bond acceptors (Lipinski definition) is 5. The zero-order valence-electron chi connectivity index (χ0n) is 13.8. The van der Waals surface area contributed by atoms with Gasteiger partial charge in [0.15, 0.2) is 11.5 Å². The Kier molecular flexibility index (Phi) is 3.63. The van der Waals surface area contributed by atoms with Gasteiger partial charge in [0.25, 0.3) is 0 Å². The smallest absolute Gasteiger partial charge is 0.163 e. The first kappa shape index (κ1) is 14.8. The lowest BCUT2D eigenvalue weighted by atomic mass is 10.1. The van der Waals surface area contributed by atoms with Crippen molar-refractivity contribution in [2.75, 3.05) is 25.1 Å². The van der Waals surface area contributed by atoms with Crippen LogP contribution >= 0.6 is 11.3 Å². The van der Waals surface area contributed by atoms with E-state index in [1.165, 1.54) is 23.3 Å². The molecule has 0 fully saturated rings. The highest BCUT2D eigenvalue weighted by molar-refractivity contribution is 7.13. The summed E-state index contributed by atoms with van der Waals surface area (Å²) >= 11 is 1.74. The van der Waals surface area contributed by atoms with Gasteiger partial charge in [0.1, 0.15) is 24.7 Å². The highest BCUT2D eigenvalue weighted by Crippen LogP contribution is 2.38. The molecule has 0 spiro atoms. The Morgan fingerprint density at radius 1 is 1.08 bits per heavy atom. The van der Waals surface area contributed by atoms with E-state index >= 15 is 0 Å². The molecule has 0 radical (unpaired) electrons. The van der Waals surface area contributed by atoms with Crippen molar-refractivity contribution in [3.63, 3.8) is 0 Å². The van der Waals surface area contributed by atoms with Crippen molar-refractivity contribution >= 4 is 17.2 Å². The summed E-state index contributed by atoms with van der Waals surface area (Å²) in [5.41, 5.74) is 3.40. The van der Waals surface area contributed by atoms with E-state index in [1.807, 2.05) is 22.9 Å². The average molecular weight is 353 g/mol. The minimum absolute atomic E-state index is 0.590. The molecule has 2 aliphatic rings. The lowest BCUT2D eigenvalue weighted by molar-refractivity contribution is 0.171. The number of nitrogens with one attached hydrogen (secondary N) is 1. The van der Waals surface area contributed by atoms with Crippen LogP contribution in [0.15, 0.2) is 35.7 Å². The number of ether oxygens (including phenoxy) is 2. The van der Waals surface area contributed by atoms with Gasteiger partial charge in [-0.15, -0.1) is 11.3 Å². The molecule has 0 aliphatic carbocycles. The van der Waals surface area contributed by atoms with Gasteiger partial charge in [0, 0.05) is 18.2 Å². The van der Waals surface area contributed by atoms with Crippen molar-refractivity contribution in [1.29, 1.82) is 0 Å². The third-order valence-electron chi connectivity index (χ3n) is 4.65. The largest absolute Gasteiger partial charge is 0.486 e. The Hall–Kier alpha value is -2.47. The van der Waals surface area contributed by atoms with Gasteiger partial charge in [0.05, 0.1) is 10.6 Å². The minimum Gasteiger partial charge on any atom is -0.486 e. The van der Waals surface area contributed by atoms with E-state index in [9.17, 15) is 0 Å². The molecule has 1 N–H and O–H groups in total. The third-order valence-corrected chi connectivity index (χ3v) is 5.53. The second kappa shape index (κ2) is 6.11.